The highest BCUT2D eigenvalue weighted by molar-refractivity contribution is 7.18. The molecule has 0 N–H and O–H groups in total. The maximum atomic E-state index is 12.5. The van der Waals surface area contributed by atoms with Crippen LogP contribution in [0.2, 0.25) is 0 Å². The zero-order chi connectivity index (χ0) is 18.5. The Kier molecular flexibility index (Phi) is 5.73. The van der Waals surface area contributed by atoms with Crippen LogP contribution < -0.4 is 9.47 Å². The molecule has 2 aromatic carbocycles. The van der Waals surface area contributed by atoms with E-state index in [-0.39, 0.29) is 5.91 Å². The summed E-state index contributed by atoms with van der Waals surface area (Å²) < 4.78 is 11.7. The summed E-state index contributed by atoms with van der Waals surface area (Å²) in [6.45, 7) is 0.527. The molecule has 0 spiro atoms. The molecule has 3 aromatic rings. The Morgan fingerprint density at radius 2 is 1.88 bits per heavy atom. The van der Waals surface area contributed by atoms with E-state index in [2.05, 4.69) is 11.1 Å². The first-order valence-electron chi connectivity index (χ1n) is 8.40. The van der Waals surface area contributed by atoms with E-state index >= 15 is 0 Å². The molecular weight excluding hydrogens is 348 g/mol. The molecule has 0 aliphatic heterocycles. The number of benzene rings is 2. The Morgan fingerprint density at radius 1 is 1.12 bits per heavy atom. The zero-order valence-electron chi connectivity index (χ0n) is 15.2. The largest absolute Gasteiger partial charge is 0.493 e. The molecule has 1 heterocycles. The predicted octanol–water partition coefficient (Wildman–Crippen LogP) is 3.90. The lowest BCUT2D eigenvalue weighted by atomic mass is 10.2. The molecule has 0 saturated carbocycles. The van der Waals surface area contributed by atoms with Crippen molar-refractivity contribution in [1.82, 2.24) is 9.88 Å². The third-order valence-corrected chi connectivity index (χ3v) is 5.28. The minimum Gasteiger partial charge on any atom is -0.493 e. The number of carbonyl (C=O) groups is 1. The van der Waals surface area contributed by atoms with E-state index in [9.17, 15) is 4.79 Å². The van der Waals surface area contributed by atoms with Gasteiger partial charge >= 0.3 is 0 Å². The number of fused-ring (bicyclic) bond motifs is 1. The Bertz CT molecular complexity index is 874. The van der Waals surface area contributed by atoms with Crippen molar-refractivity contribution >= 4 is 27.5 Å². The van der Waals surface area contributed by atoms with Gasteiger partial charge in [-0.2, -0.15) is 0 Å². The fourth-order valence-corrected chi connectivity index (χ4v) is 3.74. The summed E-state index contributed by atoms with van der Waals surface area (Å²) in [5.74, 6) is 1.44. The first-order valence-corrected chi connectivity index (χ1v) is 9.21. The number of aromatic nitrogens is 1. The SMILES string of the molecule is COc1ccc(CN(C)C(=O)CCc2nc3ccccc3s2)cc1OC. The van der Waals surface area contributed by atoms with E-state index in [1.54, 1.807) is 30.5 Å². The van der Waals surface area contributed by atoms with E-state index in [0.717, 1.165) is 20.8 Å². The molecule has 5 nitrogen and oxygen atoms in total. The number of amides is 1. The van der Waals surface area contributed by atoms with Crippen molar-refractivity contribution < 1.29 is 14.3 Å². The molecule has 0 fully saturated rings. The lowest BCUT2D eigenvalue weighted by Gasteiger charge is -2.18. The number of rotatable bonds is 7. The number of carbonyl (C=O) groups excluding carboxylic acids is 1. The topological polar surface area (TPSA) is 51.7 Å². The van der Waals surface area contributed by atoms with Crippen molar-refractivity contribution in [3.05, 3.63) is 53.0 Å². The van der Waals surface area contributed by atoms with E-state index in [1.807, 2.05) is 43.4 Å². The van der Waals surface area contributed by atoms with E-state index in [4.69, 9.17) is 9.47 Å². The molecule has 0 atom stereocenters. The van der Waals surface area contributed by atoms with Crippen molar-refractivity contribution in [2.45, 2.75) is 19.4 Å². The monoisotopic (exact) mass is 370 g/mol. The smallest absolute Gasteiger partial charge is 0.223 e. The second-order valence-electron chi connectivity index (χ2n) is 6.01. The Hall–Kier alpha value is -2.60. The summed E-state index contributed by atoms with van der Waals surface area (Å²) in [7, 11) is 5.03. The zero-order valence-corrected chi connectivity index (χ0v) is 16.0. The molecule has 136 valence electrons. The lowest BCUT2D eigenvalue weighted by molar-refractivity contribution is -0.130. The quantitative estimate of drug-likeness (QED) is 0.633. The molecular formula is C20H22N2O3S. The van der Waals surface area contributed by atoms with Gasteiger partial charge in [-0.3, -0.25) is 4.79 Å². The maximum Gasteiger partial charge on any atom is 0.223 e. The second-order valence-corrected chi connectivity index (χ2v) is 7.13. The average molecular weight is 370 g/mol. The summed E-state index contributed by atoms with van der Waals surface area (Å²) in [6, 6.07) is 13.7. The van der Waals surface area contributed by atoms with E-state index in [1.165, 1.54) is 0 Å². The van der Waals surface area contributed by atoms with Gasteiger partial charge < -0.3 is 14.4 Å². The van der Waals surface area contributed by atoms with Crippen molar-refractivity contribution in [2.75, 3.05) is 21.3 Å². The molecule has 1 amide bonds. The van der Waals surface area contributed by atoms with Gasteiger partial charge in [0, 0.05) is 26.4 Å². The number of hydrogen-bond donors (Lipinski definition) is 0. The van der Waals surface area contributed by atoms with Gasteiger partial charge in [-0.1, -0.05) is 18.2 Å². The first kappa shape index (κ1) is 18.2. The number of hydrogen-bond acceptors (Lipinski definition) is 5. The van der Waals surface area contributed by atoms with Crippen molar-refractivity contribution in [3.8, 4) is 11.5 Å². The van der Waals surface area contributed by atoms with Crippen LogP contribution in [0.5, 0.6) is 11.5 Å². The Morgan fingerprint density at radius 3 is 2.62 bits per heavy atom. The van der Waals surface area contributed by atoms with Crippen LogP contribution in [0.4, 0.5) is 0 Å². The highest BCUT2D eigenvalue weighted by Gasteiger charge is 2.13. The van der Waals surface area contributed by atoms with Gasteiger partial charge in [-0.05, 0) is 29.8 Å². The predicted molar refractivity (Wildman–Crippen MR) is 104 cm³/mol. The van der Waals surface area contributed by atoms with Gasteiger partial charge in [0.25, 0.3) is 0 Å². The molecule has 0 saturated heterocycles. The van der Waals surface area contributed by atoms with Gasteiger partial charge in [-0.15, -0.1) is 11.3 Å². The van der Waals surface area contributed by atoms with Gasteiger partial charge in [0.2, 0.25) is 5.91 Å². The third kappa shape index (κ3) is 4.14. The lowest BCUT2D eigenvalue weighted by Crippen LogP contribution is -2.26. The number of methoxy groups -OCH3 is 2. The molecule has 1 aromatic heterocycles. The van der Waals surface area contributed by atoms with Crippen LogP contribution >= 0.6 is 11.3 Å². The highest BCUT2D eigenvalue weighted by atomic mass is 32.1. The first-order chi connectivity index (χ1) is 12.6. The molecule has 0 aliphatic carbocycles. The van der Waals surface area contributed by atoms with Gasteiger partial charge in [0.15, 0.2) is 11.5 Å². The summed E-state index contributed by atoms with van der Waals surface area (Å²) in [4.78, 5) is 18.8. The van der Waals surface area contributed by atoms with Crippen LogP contribution in [0.1, 0.15) is 17.0 Å². The Labute approximate surface area is 157 Å². The van der Waals surface area contributed by atoms with Gasteiger partial charge in [-0.25, -0.2) is 4.98 Å². The van der Waals surface area contributed by atoms with Crippen molar-refractivity contribution in [2.24, 2.45) is 0 Å². The molecule has 0 bridgehead atoms. The average Bonchev–Trinajstić information content (AvgIpc) is 3.08. The van der Waals surface area contributed by atoms with Crippen LogP contribution in [0.15, 0.2) is 42.5 Å². The standard InChI is InChI=1S/C20H22N2O3S/c1-22(13-14-8-9-16(24-2)17(12-14)25-3)20(23)11-10-19-21-15-6-4-5-7-18(15)26-19/h4-9,12H,10-11,13H2,1-3H3. The van der Waals surface area contributed by atoms with Gasteiger partial charge in [0.1, 0.15) is 0 Å². The fourth-order valence-electron chi connectivity index (χ4n) is 2.77. The van der Waals surface area contributed by atoms with Crippen LogP contribution in [-0.4, -0.2) is 37.1 Å². The van der Waals surface area contributed by atoms with Crippen molar-refractivity contribution in [1.29, 1.82) is 0 Å². The van der Waals surface area contributed by atoms with Crippen molar-refractivity contribution in [3.63, 3.8) is 0 Å². The fraction of sp³-hybridized carbons (Fsp3) is 0.300. The number of nitrogens with zero attached hydrogens (tertiary/aromatic N) is 2. The minimum absolute atomic E-state index is 0.0963. The normalized spacial score (nSPS) is 10.7. The van der Waals surface area contributed by atoms with E-state index in [0.29, 0.717) is 30.9 Å². The maximum absolute atomic E-state index is 12.5. The summed E-state index contributed by atoms with van der Waals surface area (Å²) in [5, 5.41) is 0.999. The minimum atomic E-state index is 0.0963. The molecule has 0 aliphatic rings. The second kappa shape index (κ2) is 8.19. The number of thiazole rings is 1. The third-order valence-electron chi connectivity index (χ3n) is 4.18. The van der Waals surface area contributed by atoms with E-state index < -0.39 is 0 Å². The van der Waals surface area contributed by atoms with Crippen LogP contribution in [0.25, 0.3) is 10.2 Å². The summed E-state index contributed by atoms with van der Waals surface area (Å²) in [6.07, 6.45) is 1.11. The van der Waals surface area contributed by atoms with Crippen LogP contribution in [-0.2, 0) is 17.8 Å². The highest BCUT2D eigenvalue weighted by Crippen LogP contribution is 2.28. The number of aryl methyl sites for hydroxylation is 1. The Balaban J connectivity index is 1.59. The summed E-state index contributed by atoms with van der Waals surface area (Å²) in [5.41, 5.74) is 2.00. The van der Waals surface area contributed by atoms with Gasteiger partial charge in [0.05, 0.1) is 29.4 Å². The summed E-state index contributed by atoms with van der Waals surface area (Å²) >= 11 is 1.65. The molecule has 3 rings (SSSR count). The molecule has 0 radical (unpaired) electrons. The number of para-hydroxylation sites is 1. The molecule has 26 heavy (non-hydrogen) atoms. The van der Waals surface area contributed by atoms with Crippen LogP contribution in [0.3, 0.4) is 0 Å². The number of ether oxygens (including phenoxy) is 2. The molecule has 6 heteroatoms. The molecule has 0 unspecified atom stereocenters. The van der Waals surface area contributed by atoms with Crippen LogP contribution in [0, 0.1) is 0 Å².